The summed E-state index contributed by atoms with van der Waals surface area (Å²) in [6, 6.07) is 9.40. The van der Waals surface area contributed by atoms with Gasteiger partial charge in [-0.15, -0.1) is 0 Å². The molecule has 0 bridgehead atoms. The number of benzene rings is 1. The van der Waals surface area contributed by atoms with Crippen molar-refractivity contribution in [3.05, 3.63) is 52.4 Å². The van der Waals surface area contributed by atoms with E-state index in [2.05, 4.69) is 31.2 Å². The van der Waals surface area contributed by atoms with Crippen LogP contribution in [0.2, 0.25) is 0 Å². The standard InChI is InChI=1S/C19H20BrN5O2/c1-2-25-16(7-10-21-25)18-22-17(23-27-18)13-8-11-24(12-9-13)19(26)14-5-3-4-6-15(14)20/h3-7,10,13H,2,8-9,11-12H2,1H3. The number of piperidine rings is 1. The summed E-state index contributed by atoms with van der Waals surface area (Å²) in [7, 11) is 0. The van der Waals surface area contributed by atoms with E-state index >= 15 is 0 Å². The summed E-state index contributed by atoms with van der Waals surface area (Å²) in [5.41, 5.74) is 1.53. The Morgan fingerprint density at radius 2 is 2.04 bits per heavy atom. The highest BCUT2D eigenvalue weighted by Gasteiger charge is 2.28. The summed E-state index contributed by atoms with van der Waals surface area (Å²) in [6.45, 7) is 4.13. The van der Waals surface area contributed by atoms with Gasteiger partial charge in [-0.3, -0.25) is 9.48 Å². The van der Waals surface area contributed by atoms with Crippen LogP contribution in [0.25, 0.3) is 11.6 Å². The molecule has 1 saturated heterocycles. The molecule has 3 heterocycles. The van der Waals surface area contributed by atoms with Gasteiger partial charge < -0.3 is 9.42 Å². The van der Waals surface area contributed by atoms with Gasteiger partial charge in [0.25, 0.3) is 11.8 Å². The fourth-order valence-electron chi connectivity index (χ4n) is 3.42. The molecule has 0 unspecified atom stereocenters. The van der Waals surface area contributed by atoms with Crippen LogP contribution in [0.15, 0.2) is 45.5 Å². The van der Waals surface area contributed by atoms with Gasteiger partial charge >= 0.3 is 0 Å². The lowest BCUT2D eigenvalue weighted by molar-refractivity contribution is 0.0709. The Bertz CT molecular complexity index is 943. The maximum absolute atomic E-state index is 12.7. The van der Waals surface area contributed by atoms with Gasteiger partial charge in [-0.1, -0.05) is 17.3 Å². The number of likely N-dealkylation sites (tertiary alicyclic amines) is 1. The monoisotopic (exact) mass is 429 g/mol. The SMILES string of the molecule is CCn1nccc1-c1nc(C2CCN(C(=O)c3ccccc3Br)CC2)no1. The summed E-state index contributed by atoms with van der Waals surface area (Å²) in [5.74, 6) is 1.46. The largest absolute Gasteiger partial charge is 0.339 e. The molecule has 27 heavy (non-hydrogen) atoms. The highest BCUT2D eigenvalue weighted by atomic mass is 79.9. The molecular formula is C19H20BrN5O2. The van der Waals surface area contributed by atoms with Crippen molar-refractivity contribution in [2.24, 2.45) is 0 Å². The van der Waals surface area contributed by atoms with Gasteiger partial charge in [0, 0.05) is 36.2 Å². The normalized spacial score (nSPS) is 15.3. The fraction of sp³-hybridized carbons (Fsp3) is 0.368. The topological polar surface area (TPSA) is 77.1 Å². The van der Waals surface area contributed by atoms with E-state index in [1.807, 2.05) is 46.8 Å². The van der Waals surface area contributed by atoms with E-state index in [4.69, 9.17) is 4.52 Å². The van der Waals surface area contributed by atoms with Crippen LogP contribution in [0.3, 0.4) is 0 Å². The Labute approximate surface area is 165 Å². The third kappa shape index (κ3) is 3.53. The van der Waals surface area contributed by atoms with Crippen LogP contribution in [-0.4, -0.2) is 43.8 Å². The predicted molar refractivity (Wildman–Crippen MR) is 103 cm³/mol. The van der Waals surface area contributed by atoms with Crippen LogP contribution in [0.5, 0.6) is 0 Å². The van der Waals surface area contributed by atoms with E-state index in [-0.39, 0.29) is 11.8 Å². The highest BCUT2D eigenvalue weighted by molar-refractivity contribution is 9.10. The summed E-state index contributed by atoms with van der Waals surface area (Å²) in [5, 5.41) is 8.41. The van der Waals surface area contributed by atoms with Gasteiger partial charge in [-0.2, -0.15) is 10.1 Å². The van der Waals surface area contributed by atoms with Gasteiger partial charge in [-0.05, 0) is 53.9 Å². The van der Waals surface area contributed by atoms with Gasteiger partial charge in [0.05, 0.1) is 5.56 Å². The quantitative estimate of drug-likeness (QED) is 0.631. The molecule has 1 fully saturated rings. The zero-order valence-electron chi connectivity index (χ0n) is 15.0. The van der Waals surface area contributed by atoms with E-state index in [9.17, 15) is 4.79 Å². The third-order valence-corrected chi connectivity index (χ3v) is 5.62. The molecule has 1 aliphatic rings. The van der Waals surface area contributed by atoms with Crippen LogP contribution in [-0.2, 0) is 6.54 Å². The molecule has 0 spiro atoms. The number of nitrogens with zero attached hydrogens (tertiary/aromatic N) is 5. The molecule has 4 rings (SSSR count). The van der Waals surface area contributed by atoms with Gasteiger partial charge in [0.15, 0.2) is 5.82 Å². The molecule has 3 aromatic rings. The van der Waals surface area contributed by atoms with Gasteiger partial charge in [0.1, 0.15) is 5.69 Å². The van der Waals surface area contributed by atoms with Crippen molar-refractivity contribution in [1.82, 2.24) is 24.8 Å². The van der Waals surface area contributed by atoms with Crippen LogP contribution >= 0.6 is 15.9 Å². The van der Waals surface area contributed by atoms with Crippen molar-refractivity contribution in [1.29, 1.82) is 0 Å². The number of carbonyl (C=O) groups is 1. The minimum absolute atomic E-state index is 0.0570. The first-order valence-electron chi connectivity index (χ1n) is 9.07. The van der Waals surface area contributed by atoms with Crippen LogP contribution in [0.1, 0.15) is 41.9 Å². The molecule has 2 aromatic heterocycles. The summed E-state index contributed by atoms with van der Waals surface area (Å²) in [6.07, 6.45) is 3.37. The van der Waals surface area contributed by atoms with E-state index in [0.29, 0.717) is 30.4 Å². The number of hydrogen-bond acceptors (Lipinski definition) is 5. The molecule has 1 aliphatic heterocycles. The third-order valence-electron chi connectivity index (χ3n) is 4.93. The lowest BCUT2D eigenvalue weighted by Gasteiger charge is -2.30. The first-order chi connectivity index (χ1) is 13.2. The molecule has 0 radical (unpaired) electrons. The second kappa shape index (κ2) is 7.64. The van der Waals surface area contributed by atoms with Crippen molar-refractivity contribution in [2.45, 2.75) is 32.2 Å². The Morgan fingerprint density at radius 3 is 2.78 bits per heavy atom. The second-order valence-corrected chi connectivity index (χ2v) is 7.39. The van der Waals surface area contributed by atoms with E-state index in [0.717, 1.165) is 29.6 Å². The van der Waals surface area contributed by atoms with E-state index < -0.39 is 0 Å². The Hall–Kier alpha value is -2.48. The number of halogens is 1. The van der Waals surface area contributed by atoms with Gasteiger partial charge in [0.2, 0.25) is 0 Å². The summed E-state index contributed by atoms with van der Waals surface area (Å²) >= 11 is 3.46. The molecule has 0 atom stereocenters. The summed E-state index contributed by atoms with van der Waals surface area (Å²) in [4.78, 5) is 19.2. The van der Waals surface area contributed by atoms with Crippen LogP contribution in [0, 0.1) is 0 Å². The van der Waals surface area contributed by atoms with E-state index in [1.165, 1.54) is 0 Å². The van der Waals surface area contributed by atoms with Crippen molar-refractivity contribution in [3.63, 3.8) is 0 Å². The average Bonchev–Trinajstić information content (AvgIpc) is 3.37. The van der Waals surface area contributed by atoms with Crippen molar-refractivity contribution in [3.8, 4) is 11.6 Å². The average molecular weight is 430 g/mol. The molecule has 7 nitrogen and oxygen atoms in total. The van der Waals surface area contributed by atoms with Crippen LogP contribution < -0.4 is 0 Å². The molecule has 0 saturated carbocycles. The van der Waals surface area contributed by atoms with E-state index in [1.54, 1.807) is 6.20 Å². The molecule has 0 N–H and O–H groups in total. The zero-order chi connectivity index (χ0) is 18.8. The Balaban J connectivity index is 1.43. The minimum Gasteiger partial charge on any atom is -0.339 e. The molecule has 1 aromatic carbocycles. The molecule has 0 aliphatic carbocycles. The number of aryl methyl sites for hydroxylation is 1. The maximum atomic E-state index is 12.7. The van der Waals surface area contributed by atoms with Gasteiger partial charge in [-0.25, -0.2) is 0 Å². The minimum atomic E-state index is 0.0570. The number of amides is 1. The summed E-state index contributed by atoms with van der Waals surface area (Å²) < 4.78 is 8.11. The second-order valence-electron chi connectivity index (χ2n) is 6.54. The number of rotatable bonds is 4. The fourth-order valence-corrected chi connectivity index (χ4v) is 3.87. The van der Waals surface area contributed by atoms with Crippen molar-refractivity contribution >= 4 is 21.8 Å². The van der Waals surface area contributed by atoms with Crippen molar-refractivity contribution < 1.29 is 9.32 Å². The molecular weight excluding hydrogens is 410 g/mol. The Morgan fingerprint density at radius 1 is 1.26 bits per heavy atom. The van der Waals surface area contributed by atoms with Crippen LogP contribution in [0.4, 0.5) is 0 Å². The molecule has 140 valence electrons. The predicted octanol–water partition coefficient (Wildman–Crippen LogP) is 3.74. The lowest BCUT2D eigenvalue weighted by Crippen LogP contribution is -2.38. The Kier molecular flexibility index (Phi) is 5.07. The molecule has 8 heteroatoms. The lowest BCUT2D eigenvalue weighted by atomic mass is 9.95. The molecule has 1 amide bonds. The number of hydrogen-bond donors (Lipinski definition) is 0. The zero-order valence-corrected chi connectivity index (χ0v) is 16.6. The first kappa shape index (κ1) is 17.9. The maximum Gasteiger partial charge on any atom is 0.276 e. The number of carbonyl (C=O) groups excluding carboxylic acids is 1. The first-order valence-corrected chi connectivity index (χ1v) is 9.86. The highest BCUT2D eigenvalue weighted by Crippen LogP contribution is 2.29. The van der Waals surface area contributed by atoms with Crippen molar-refractivity contribution in [2.75, 3.05) is 13.1 Å². The number of aromatic nitrogens is 4. The smallest absolute Gasteiger partial charge is 0.276 e.